The van der Waals surface area contributed by atoms with Crippen LogP contribution in [-0.4, -0.2) is 35.7 Å². The zero-order chi connectivity index (χ0) is 9.56. The van der Waals surface area contributed by atoms with Gasteiger partial charge >= 0.3 is 14.6 Å². The van der Waals surface area contributed by atoms with Crippen molar-refractivity contribution in [3.05, 3.63) is 0 Å². The molecule has 2 atom stereocenters. The third kappa shape index (κ3) is 5.40. The van der Waals surface area contributed by atoms with E-state index < -0.39 is 20.6 Å². The molecule has 72 valence electrons. The van der Waals surface area contributed by atoms with Gasteiger partial charge in [0.15, 0.2) is 0 Å². The first-order chi connectivity index (χ1) is 5.57. The van der Waals surface area contributed by atoms with E-state index in [4.69, 9.17) is 15.7 Å². The molecule has 0 radical (unpaired) electrons. The van der Waals surface area contributed by atoms with Gasteiger partial charge in [-0.05, 0) is 6.42 Å². The van der Waals surface area contributed by atoms with Gasteiger partial charge < -0.3 is 24.8 Å². The van der Waals surface area contributed by atoms with Gasteiger partial charge in [0.25, 0.3) is 0 Å². The van der Waals surface area contributed by atoms with E-state index in [9.17, 15) is 4.79 Å². The minimum Gasteiger partial charge on any atom is -0.480 e. The molecule has 7 heteroatoms. The summed E-state index contributed by atoms with van der Waals surface area (Å²) in [6.45, 7) is 0.0729. The maximum Gasteiger partial charge on any atom is 0.329 e. The van der Waals surface area contributed by atoms with Crippen molar-refractivity contribution < 1.29 is 23.8 Å². The second-order valence-corrected chi connectivity index (χ2v) is 3.09. The summed E-state index contributed by atoms with van der Waals surface area (Å²) in [5.74, 6) is -1.08. The van der Waals surface area contributed by atoms with Crippen molar-refractivity contribution in [2.24, 2.45) is 5.73 Å². The van der Waals surface area contributed by atoms with Crippen LogP contribution in [0.2, 0.25) is 0 Å². The van der Waals surface area contributed by atoms with E-state index in [2.05, 4.69) is 9.05 Å². The Morgan fingerprint density at radius 2 is 2.33 bits per heavy atom. The average molecular weight is 197 g/mol. The molecule has 4 N–H and O–H groups in total. The Bertz CT molecular complexity index is 144. The summed E-state index contributed by atoms with van der Waals surface area (Å²) in [7, 11) is -0.582. The van der Waals surface area contributed by atoms with Gasteiger partial charge in [0, 0.05) is 7.11 Å². The lowest BCUT2D eigenvalue weighted by Crippen LogP contribution is -2.31. The van der Waals surface area contributed by atoms with Crippen molar-refractivity contribution in [3.63, 3.8) is 0 Å². The topological polar surface area (TPSA) is 102 Å². The SMILES string of the molecule is COP(O)OCC[C@H](N)C(=O)O. The third-order valence-electron chi connectivity index (χ3n) is 1.10. The summed E-state index contributed by atoms with van der Waals surface area (Å²) >= 11 is 0. The maximum absolute atomic E-state index is 10.2. The molecule has 0 aliphatic heterocycles. The van der Waals surface area contributed by atoms with Crippen LogP contribution in [0.25, 0.3) is 0 Å². The molecule has 0 spiro atoms. The third-order valence-corrected chi connectivity index (χ3v) is 1.82. The van der Waals surface area contributed by atoms with Crippen LogP contribution in [0, 0.1) is 0 Å². The Morgan fingerprint density at radius 3 is 2.75 bits per heavy atom. The molecule has 0 aromatic heterocycles. The van der Waals surface area contributed by atoms with Crippen molar-refractivity contribution in [2.75, 3.05) is 13.7 Å². The van der Waals surface area contributed by atoms with Crippen LogP contribution < -0.4 is 5.73 Å². The largest absolute Gasteiger partial charge is 0.480 e. The standard InChI is InChI=1S/C5H12NO5P/c1-10-12(9)11-3-2-4(6)5(7)8/h4,9H,2-3,6H2,1H3,(H,7,8)/t4-,12?/m0/s1. The van der Waals surface area contributed by atoms with Crippen molar-refractivity contribution in [1.29, 1.82) is 0 Å². The zero-order valence-electron chi connectivity index (χ0n) is 6.64. The molecule has 0 bridgehead atoms. The van der Waals surface area contributed by atoms with E-state index >= 15 is 0 Å². The van der Waals surface area contributed by atoms with Crippen LogP contribution in [-0.2, 0) is 13.8 Å². The number of hydrogen-bond donors (Lipinski definition) is 3. The van der Waals surface area contributed by atoms with Crippen LogP contribution in [0.15, 0.2) is 0 Å². The quantitative estimate of drug-likeness (QED) is 0.504. The zero-order valence-corrected chi connectivity index (χ0v) is 7.53. The van der Waals surface area contributed by atoms with Crippen molar-refractivity contribution in [2.45, 2.75) is 12.5 Å². The molecule has 6 nitrogen and oxygen atoms in total. The fraction of sp³-hybridized carbons (Fsp3) is 0.800. The number of carbonyl (C=O) groups is 1. The Morgan fingerprint density at radius 1 is 1.75 bits per heavy atom. The number of rotatable bonds is 6. The molecule has 0 saturated carbocycles. The summed E-state index contributed by atoms with van der Waals surface area (Å²) in [5, 5.41) is 8.34. The minimum atomic E-state index is -1.88. The highest BCUT2D eigenvalue weighted by Gasteiger charge is 2.12. The highest BCUT2D eigenvalue weighted by molar-refractivity contribution is 7.40. The highest BCUT2D eigenvalue weighted by atomic mass is 31.2. The lowest BCUT2D eigenvalue weighted by atomic mass is 10.2. The fourth-order valence-corrected chi connectivity index (χ4v) is 0.801. The molecule has 0 amide bonds. The molecule has 0 saturated heterocycles. The average Bonchev–Trinajstić information content (AvgIpc) is 2.03. The predicted octanol–water partition coefficient (Wildman–Crippen LogP) is -0.329. The number of carboxylic acid groups (broad SMARTS) is 1. The number of hydrogen-bond acceptors (Lipinski definition) is 5. The molecule has 12 heavy (non-hydrogen) atoms. The molecule has 0 aromatic rings. The Kier molecular flexibility index (Phi) is 6.14. The van der Waals surface area contributed by atoms with Gasteiger partial charge in [-0.3, -0.25) is 4.79 Å². The molecular weight excluding hydrogens is 185 g/mol. The summed E-state index contributed by atoms with van der Waals surface area (Å²) in [6.07, 6.45) is 0.151. The van der Waals surface area contributed by atoms with Crippen LogP contribution in [0.1, 0.15) is 6.42 Å². The van der Waals surface area contributed by atoms with Crippen molar-refractivity contribution in [3.8, 4) is 0 Å². The first-order valence-electron chi connectivity index (χ1n) is 3.22. The van der Waals surface area contributed by atoms with E-state index in [1.54, 1.807) is 0 Å². The number of aliphatic carboxylic acids is 1. The van der Waals surface area contributed by atoms with Gasteiger partial charge in [0.1, 0.15) is 6.04 Å². The van der Waals surface area contributed by atoms with Crippen LogP contribution in [0.3, 0.4) is 0 Å². The number of carboxylic acids is 1. The van der Waals surface area contributed by atoms with E-state index in [1.165, 1.54) is 7.11 Å². The lowest BCUT2D eigenvalue weighted by Gasteiger charge is -2.08. The first kappa shape index (κ1) is 11.7. The monoisotopic (exact) mass is 197 g/mol. The Balaban J connectivity index is 3.37. The normalized spacial score (nSPS) is 15.6. The molecular formula is C5H12NO5P. The van der Waals surface area contributed by atoms with Crippen LogP contribution in [0.4, 0.5) is 0 Å². The van der Waals surface area contributed by atoms with Gasteiger partial charge in [-0.25, -0.2) is 0 Å². The smallest absolute Gasteiger partial charge is 0.329 e. The molecule has 0 fully saturated rings. The fourth-order valence-electron chi connectivity index (χ4n) is 0.434. The van der Waals surface area contributed by atoms with E-state index in [1.807, 2.05) is 0 Å². The molecule has 0 aromatic carbocycles. The van der Waals surface area contributed by atoms with E-state index in [0.29, 0.717) is 0 Å². The van der Waals surface area contributed by atoms with Crippen LogP contribution in [0.5, 0.6) is 0 Å². The maximum atomic E-state index is 10.2. The minimum absolute atomic E-state index is 0.0729. The van der Waals surface area contributed by atoms with E-state index in [0.717, 1.165) is 0 Å². The van der Waals surface area contributed by atoms with Gasteiger partial charge in [-0.2, -0.15) is 0 Å². The highest BCUT2D eigenvalue weighted by Crippen LogP contribution is 2.30. The lowest BCUT2D eigenvalue weighted by molar-refractivity contribution is -0.138. The molecule has 0 rings (SSSR count). The Hall–Kier alpha value is -0.260. The second kappa shape index (κ2) is 6.28. The summed E-state index contributed by atoms with van der Waals surface area (Å²) in [5.41, 5.74) is 5.15. The summed E-state index contributed by atoms with van der Waals surface area (Å²) in [6, 6.07) is -0.953. The van der Waals surface area contributed by atoms with Crippen molar-refractivity contribution in [1.82, 2.24) is 0 Å². The summed E-state index contributed by atoms with van der Waals surface area (Å²) < 4.78 is 9.07. The van der Waals surface area contributed by atoms with Gasteiger partial charge in [0.05, 0.1) is 6.61 Å². The molecule has 1 unspecified atom stereocenters. The van der Waals surface area contributed by atoms with Gasteiger partial charge in [-0.15, -0.1) is 0 Å². The van der Waals surface area contributed by atoms with Gasteiger partial charge in [-0.1, -0.05) is 0 Å². The van der Waals surface area contributed by atoms with Crippen LogP contribution >= 0.6 is 8.60 Å². The molecule has 0 aliphatic carbocycles. The van der Waals surface area contributed by atoms with Crippen molar-refractivity contribution >= 4 is 14.6 Å². The second-order valence-electron chi connectivity index (χ2n) is 1.99. The molecule has 0 heterocycles. The van der Waals surface area contributed by atoms with E-state index in [-0.39, 0.29) is 13.0 Å². The predicted molar refractivity (Wildman–Crippen MR) is 42.3 cm³/mol. The molecule has 0 aliphatic rings. The number of nitrogens with two attached hydrogens (primary N) is 1. The Labute approximate surface area is 71.3 Å². The summed E-state index contributed by atoms with van der Waals surface area (Å²) in [4.78, 5) is 18.9. The van der Waals surface area contributed by atoms with Gasteiger partial charge in [0.2, 0.25) is 0 Å². The first-order valence-corrected chi connectivity index (χ1v) is 4.35.